The maximum atomic E-state index is 13.5. The first-order chi connectivity index (χ1) is 11.3. The molecule has 0 aromatic heterocycles. The summed E-state index contributed by atoms with van der Waals surface area (Å²) < 4.78 is 167. The molecule has 0 aliphatic heterocycles. The van der Waals surface area contributed by atoms with Crippen LogP contribution in [0.5, 0.6) is 0 Å². The molecule has 1 aromatic carbocycles. The van der Waals surface area contributed by atoms with E-state index in [4.69, 9.17) is 0 Å². The second-order valence-corrected chi connectivity index (χ2v) is 7.22. The van der Waals surface area contributed by atoms with Crippen LogP contribution in [-0.4, -0.2) is 49.6 Å². The topological polar surface area (TPSA) is 0 Å². The third-order valence-electron chi connectivity index (χ3n) is 2.89. The predicted molar refractivity (Wildman–Crippen MR) is 62.6 cm³/mol. The summed E-state index contributed by atoms with van der Waals surface area (Å²) in [7, 11) is 0. The molecular formula is C12H5F13Se. The van der Waals surface area contributed by atoms with Crippen LogP contribution in [-0.2, 0) is 0 Å². The molecule has 0 aliphatic rings. The van der Waals surface area contributed by atoms with Gasteiger partial charge in [-0.3, -0.25) is 0 Å². The number of halogens is 13. The van der Waals surface area contributed by atoms with Crippen LogP contribution in [0, 0.1) is 0 Å². The summed E-state index contributed by atoms with van der Waals surface area (Å²) >= 11 is -3.00. The van der Waals surface area contributed by atoms with Crippen LogP contribution in [0.15, 0.2) is 30.3 Å². The van der Waals surface area contributed by atoms with E-state index in [-0.39, 0.29) is 0 Å². The number of benzene rings is 1. The Balaban J connectivity index is 3.38. The van der Waals surface area contributed by atoms with Crippen molar-refractivity contribution in [3.05, 3.63) is 30.3 Å². The number of hydrogen-bond acceptors (Lipinski definition) is 0. The van der Waals surface area contributed by atoms with Gasteiger partial charge in [-0.1, -0.05) is 0 Å². The first kappa shape index (κ1) is 22.9. The van der Waals surface area contributed by atoms with Gasteiger partial charge >= 0.3 is 142 Å². The molecule has 0 N–H and O–H groups in total. The van der Waals surface area contributed by atoms with Gasteiger partial charge in [0.2, 0.25) is 0 Å². The minimum absolute atomic E-state index is 0.716. The Hall–Kier alpha value is -1.17. The molecule has 0 unspecified atom stereocenters. The number of rotatable bonds is 6. The van der Waals surface area contributed by atoms with E-state index in [1.807, 2.05) is 0 Å². The molecule has 0 radical (unpaired) electrons. The van der Waals surface area contributed by atoms with Gasteiger partial charge in [-0.15, -0.1) is 0 Å². The molecule has 0 bridgehead atoms. The normalized spacial score (nSPS) is 15.3. The van der Waals surface area contributed by atoms with Crippen molar-refractivity contribution >= 4 is 19.4 Å². The Morgan fingerprint density at radius 3 is 1.27 bits per heavy atom. The zero-order valence-electron chi connectivity index (χ0n) is 11.7. The van der Waals surface area contributed by atoms with Gasteiger partial charge in [-0.05, 0) is 0 Å². The molecule has 0 saturated carbocycles. The first-order valence-electron chi connectivity index (χ1n) is 6.03. The standard InChI is InChI=1S/C12H5F13Se/c13-7(14,9(17,18)11(21,22)23)8(15,16)10(19,20)12(24,25)26-6-4-2-1-3-5-6/h1-5H. The first-order valence-corrected chi connectivity index (χ1v) is 7.74. The molecule has 150 valence electrons. The predicted octanol–water partition coefficient (Wildman–Crippen LogP) is 4.71. The van der Waals surface area contributed by atoms with Gasteiger partial charge in [0, 0.05) is 0 Å². The average molecular weight is 475 g/mol. The van der Waals surface area contributed by atoms with E-state index in [0.29, 0.717) is 0 Å². The third-order valence-corrected chi connectivity index (χ3v) is 5.04. The van der Waals surface area contributed by atoms with Gasteiger partial charge in [0.15, 0.2) is 0 Å². The molecule has 1 rings (SSSR count). The Bertz CT molecular complexity index is 620. The molecule has 14 heteroatoms. The van der Waals surface area contributed by atoms with Crippen LogP contribution in [0.4, 0.5) is 57.1 Å². The van der Waals surface area contributed by atoms with Crippen LogP contribution < -0.4 is 4.46 Å². The van der Waals surface area contributed by atoms with E-state index in [1.54, 1.807) is 0 Å². The van der Waals surface area contributed by atoms with Crippen molar-refractivity contribution < 1.29 is 57.1 Å². The summed E-state index contributed by atoms with van der Waals surface area (Å²) in [5, 5.41) is 0. The van der Waals surface area contributed by atoms with Gasteiger partial charge in [0.25, 0.3) is 0 Å². The quantitative estimate of drug-likeness (QED) is 0.413. The Labute approximate surface area is 142 Å². The number of alkyl halides is 13. The van der Waals surface area contributed by atoms with Gasteiger partial charge in [-0.2, -0.15) is 0 Å². The van der Waals surface area contributed by atoms with Gasteiger partial charge in [0.1, 0.15) is 0 Å². The van der Waals surface area contributed by atoms with Crippen LogP contribution in [0.2, 0.25) is 0 Å². The summed E-state index contributed by atoms with van der Waals surface area (Å²) in [6, 6.07) is 4.64. The fraction of sp³-hybridized carbons (Fsp3) is 0.500. The second-order valence-electron chi connectivity index (χ2n) is 4.73. The molecule has 0 amide bonds. The van der Waals surface area contributed by atoms with Gasteiger partial charge in [0.05, 0.1) is 0 Å². The summed E-state index contributed by atoms with van der Waals surface area (Å²) in [6.07, 6.45) is -7.39. The van der Waals surface area contributed by atoms with Crippen LogP contribution >= 0.6 is 0 Å². The molecule has 0 spiro atoms. The zero-order chi connectivity index (χ0) is 20.8. The fourth-order valence-electron chi connectivity index (χ4n) is 1.46. The van der Waals surface area contributed by atoms with E-state index < -0.39 is 54.1 Å². The van der Waals surface area contributed by atoms with Crippen molar-refractivity contribution in [3.63, 3.8) is 0 Å². The van der Waals surface area contributed by atoms with Crippen molar-refractivity contribution in [2.75, 3.05) is 0 Å². The van der Waals surface area contributed by atoms with E-state index in [1.165, 1.54) is 6.07 Å². The van der Waals surface area contributed by atoms with Crippen molar-refractivity contribution in [1.82, 2.24) is 0 Å². The number of hydrogen-bond donors (Lipinski definition) is 0. The monoisotopic (exact) mass is 476 g/mol. The third kappa shape index (κ3) is 3.37. The van der Waals surface area contributed by atoms with Crippen molar-refractivity contribution in [3.8, 4) is 0 Å². The maximum absolute atomic E-state index is 13.5. The molecule has 1 aromatic rings. The van der Waals surface area contributed by atoms with Crippen molar-refractivity contribution in [1.29, 1.82) is 0 Å². The average Bonchev–Trinajstić information content (AvgIpc) is 2.45. The minimum atomic E-state index is -7.85. The fourth-order valence-corrected chi connectivity index (χ4v) is 3.23. The summed E-state index contributed by atoms with van der Waals surface area (Å²) in [5.41, 5.74) is 0. The molecule has 0 saturated heterocycles. The van der Waals surface area contributed by atoms with Gasteiger partial charge < -0.3 is 0 Å². The zero-order valence-corrected chi connectivity index (χ0v) is 13.4. The molecule has 0 heterocycles. The van der Waals surface area contributed by atoms with Crippen LogP contribution in [0.1, 0.15) is 0 Å². The summed E-state index contributed by atoms with van der Waals surface area (Å²) in [6.45, 7) is 0. The molecular weight excluding hydrogens is 470 g/mol. The van der Waals surface area contributed by atoms with E-state index in [9.17, 15) is 57.1 Å². The molecule has 0 fully saturated rings. The van der Waals surface area contributed by atoms with E-state index >= 15 is 0 Å². The SMILES string of the molecule is FC(F)(F)C(F)(F)C(F)(F)C(F)(F)C(F)(F)C(F)(F)[Se]c1ccccc1. The van der Waals surface area contributed by atoms with Crippen molar-refractivity contribution in [2.45, 2.75) is 34.7 Å². The van der Waals surface area contributed by atoms with Crippen LogP contribution in [0.25, 0.3) is 0 Å². The molecule has 0 aliphatic carbocycles. The Morgan fingerprint density at radius 2 is 0.885 bits per heavy atom. The second kappa shape index (κ2) is 6.47. The summed E-state index contributed by atoms with van der Waals surface area (Å²) in [5.74, 6) is -30.5. The Kier molecular flexibility index (Phi) is 5.69. The van der Waals surface area contributed by atoms with Crippen molar-refractivity contribution in [2.24, 2.45) is 0 Å². The Morgan fingerprint density at radius 1 is 0.500 bits per heavy atom. The molecule has 26 heavy (non-hydrogen) atoms. The van der Waals surface area contributed by atoms with E-state index in [2.05, 4.69) is 0 Å². The van der Waals surface area contributed by atoms with Gasteiger partial charge in [-0.25, -0.2) is 0 Å². The van der Waals surface area contributed by atoms with Crippen LogP contribution in [0.3, 0.4) is 0 Å². The molecule has 0 atom stereocenters. The molecule has 0 nitrogen and oxygen atoms in total. The van der Waals surface area contributed by atoms with E-state index in [0.717, 1.165) is 24.3 Å². The summed E-state index contributed by atoms with van der Waals surface area (Å²) in [4.78, 5) is -6.02.